The van der Waals surface area contributed by atoms with Crippen LogP contribution in [0.15, 0.2) is 6.33 Å². The number of carbonyl (C=O) groups is 1. The molecule has 0 aliphatic heterocycles. The molecule has 3 N–H and O–H groups in total. The number of rotatable bonds is 5. The fourth-order valence-corrected chi connectivity index (χ4v) is 6.16. The fraction of sp³-hybridized carbons (Fsp3) is 0.632. The first-order valence-corrected chi connectivity index (χ1v) is 10.3. The average molecular weight is 375 g/mol. The first-order valence-electron chi connectivity index (χ1n) is 9.48. The maximum absolute atomic E-state index is 10.9. The number of hydrogen-bond donors (Lipinski definition) is 2. The van der Waals surface area contributed by atoms with Gasteiger partial charge in [-0.25, -0.2) is 9.97 Å². The topological polar surface area (TPSA) is 92.3 Å². The fourth-order valence-electron chi connectivity index (χ4n) is 4.93. The van der Waals surface area contributed by atoms with Gasteiger partial charge in [-0.2, -0.15) is 0 Å². The molecule has 2 aliphatic carbocycles. The van der Waals surface area contributed by atoms with Crippen molar-refractivity contribution < 1.29 is 9.90 Å². The van der Waals surface area contributed by atoms with Crippen molar-refractivity contribution in [2.24, 2.45) is 5.92 Å². The average Bonchev–Trinajstić information content (AvgIpc) is 3.19. The first-order chi connectivity index (χ1) is 12.5. The smallest absolute Gasteiger partial charge is 0.304 e. The lowest BCUT2D eigenvalue weighted by atomic mass is 9.75. The lowest BCUT2D eigenvalue weighted by Crippen LogP contribution is -2.38. The van der Waals surface area contributed by atoms with E-state index in [0.717, 1.165) is 23.1 Å². The van der Waals surface area contributed by atoms with Gasteiger partial charge < -0.3 is 15.7 Å². The molecule has 2 aromatic rings. The molecule has 0 saturated heterocycles. The van der Waals surface area contributed by atoms with Crippen LogP contribution in [0.5, 0.6) is 0 Å². The van der Waals surface area contributed by atoms with Crippen LogP contribution in [0.4, 0.5) is 5.82 Å². The summed E-state index contributed by atoms with van der Waals surface area (Å²) >= 11 is 1.78. The summed E-state index contributed by atoms with van der Waals surface area (Å²) < 4.78 is 0. The summed E-state index contributed by atoms with van der Waals surface area (Å²) in [6, 6.07) is 0.482. The minimum absolute atomic E-state index is 0.217. The minimum atomic E-state index is -0.718. The molecule has 2 heterocycles. The van der Waals surface area contributed by atoms with E-state index in [1.54, 1.807) is 17.7 Å². The molecule has 0 aromatic carbocycles. The maximum Gasteiger partial charge on any atom is 0.304 e. The van der Waals surface area contributed by atoms with Crippen molar-refractivity contribution in [3.05, 3.63) is 16.8 Å². The number of thiophene rings is 1. The second-order valence-corrected chi connectivity index (χ2v) is 8.81. The van der Waals surface area contributed by atoms with Gasteiger partial charge in [0.2, 0.25) is 0 Å². The number of aromatic nitrogens is 2. The number of nitrogen functional groups attached to an aromatic ring is 1. The van der Waals surface area contributed by atoms with Crippen LogP contribution in [0.2, 0.25) is 0 Å². The Morgan fingerprint density at radius 1 is 1.38 bits per heavy atom. The van der Waals surface area contributed by atoms with E-state index in [0.29, 0.717) is 30.2 Å². The Morgan fingerprint density at radius 2 is 2.23 bits per heavy atom. The van der Waals surface area contributed by atoms with E-state index < -0.39 is 5.97 Å². The van der Waals surface area contributed by atoms with Gasteiger partial charge in [-0.15, -0.1) is 11.3 Å². The Hall–Kier alpha value is -1.73. The number of nitrogens with two attached hydrogens (primary N) is 1. The highest BCUT2D eigenvalue weighted by Gasteiger charge is 2.37. The zero-order valence-corrected chi connectivity index (χ0v) is 16.0. The van der Waals surface area contributed by atoms with Gasteiger partial charge in [0.25, 0.3) is 0 Å². The summed E-state index contributed by atoms with van der Waals surface area (Å²) in [7, 11) is 2.07. The number of hydrogen-bond acceptors (Lipinski definition) is 6. The van der Waals surface area contributed by atoms with E-state index >= 15 is 0 Å². The normalized spacial score (nSPS) is 25.7. The van der Waals surface area contributed by atoms with Gasteiger partial charge in [0.05, 0.1) is 11.8 Å². The van der Waals surface area contributed by atoms with Gasteiger partial charge >= 0.3 is 5.97 Å². The number of carboxylic acids is 1. The summed E-state index contributed by atoms with van der Waals surface area (Å²) in [6.07, 6.45) is 8.87. The lowest BCUT2D eigenvalue weighted by Gasteiger charge is -2.38. The molecule has 3 atom stereocenters. The molecule has 1 fully saturated rings. The monoisotopic (exact) mass is 374 g/mol. The summed E-state index contributed by atoms with van der Waals surface area (Å²) in [4.78, 5) is 24.3. The van der Waals surface area contributed by atoms with Crippen LogP contribution >= 0.6 is 11.3 Å². The summed E-state index contributed by atoms with van der Waals surface area (Å²) in [5, 5.41) is 10.0. The third kappa shape index (κ3) is 3.18. The molecule has 0 amide bonds. The van der Waals surface area contributed by atoms with E-state index in [2.05, 4.69) is 21.9 Å². The highest BCUT2D eigenvalue weighted by molar-refractivity contribution is 7.19. The largest absolute Gasteiger partial charge is 0.481 e. The second-order valence-electron chi connectivity index (χ2n) is 7.73. The van der Waals surface area contributed by atoms with Crippen LogP contribution < -0.4 is 5.73 Å². The van der Waals surface area contributed by atoms with Crippen LogP contribution in [0, 0.1) is 5.92 Å². The number of fused-ring (bicyclic) bond motifs is 3. The Bertz CT molecular complexity index is 821. The van der Waals surface area contributed by atoms with E-state index in [9.17, 15) is 4.79 Å². The number of aryl methyl sites for hydroxylation is 1. The van der Waals surface area contributed by atoms with Gasteiger partial charge in [0, 0.05) is 17.5 Å². The Labute approximate surface area is 157 Å². The quantitative estimate of drug-likeness (QED) is 0.834. The van der Waals surface area contributed by atoms with Crippen LogP contribution in [0.25, 0.3) is 10.2 Å². The molecule has 26 heavy (non-hydrogen) atoms. The molecule has 0 bridgehead atoms. The van der Waals surface area contributed by atoms with Crippen molar-refractivity contribution in [2.75, 3.05) is 19.3 Å². The molecular weight excluding hydrogens is 348 g/mol. The van der Waals surface area contributed by atoms with Crippen molar-refractivity contribution in [1.82, 2.24) is 14.9 Å². The molecule has 0 radical (unpaired) electrons. The number of carboxylic acid groups (broad SMARTS) is 1. The van der Waals surface area contributed by atoms with E-state index in [-0.39, 0.29) is 6.42 Å². The second kappa shape index (κ2) is 7.12. The van der Waals surface area contributed by atoms with Gasteiger partial charge in [-0.3, -0.25) is 4.79 Å². The van der Waals surface area contributed by atoms with Crippen LogP contribution in [-0.2, 0) is 11.2 Å². The molecule has 4 rings (SSSR count). The van der Waals surface area contributed by atoms with Crippen molar-refractivity contribution in [3.8, 4) is 0 Å². The Kier molecular flexibility index (Phi) is 4.84. The van der Waals surface area contributed by atoms with Crippen molar-refractivity contribution in [3.63, 3.8) is 0 Å². The van der Waals surface area contributed by atoms with Gasteiger partial charge in [0.1, 0.15) is 17.0 Å². The third-order valence-corrected chi connectivity index (χ3v) is 7.42. The molecule has 2 unspecified atom stereocenters. The summed E-state index contributed by atoms with van der Waals surface area (Å²) in [5.41, 5.74) is 7.62. The van der Waals surface area contributed by atoms with Crippen molar-refractivity contribution >= 4 is 33.3 Å². The van der Waals surface area contributed by atoms with Crippen LogP contribution in [0.1, 0.15) is 54.9 Å². The Morgan fingerprint density at radius 3 is 3.04 bits per heavy atom. The molecule has 0 spiro atoms. The van der Waals surface area contributed by atoms with E-state index in [1.165, 1.54) is 36.1 Å². The molecular formula is C19H26N4O2S. The van der Waals surface area contributed by atoms with Crippen molar-refractivity contribution in [2.45, 2.75) is 56.9 Å². The van der Waals surface area contributed by atoms with E-state index in [4.69, 9.17) is 10.8 Å². The molecule has 2 aromatic heterocycles. The van der Waals surface area contributed by atoms with Gasteiger partial charge in [-0.05, 0) is 56.6 Å². The van der Waals surface area contributed by atoms with Gasteiger partial charge in [-0.1, -0.05) is 6.42 Å². The van der Waals surface area contributed by atoms with E-state index in [1.807, 2.05) is 0 Å². The summed E-state index contributed by atoms with van der Waals surface area (Å²) in [6.45, 7) is 0.630. The number of anilines is 1. The number of nitrogens with zero attached hydrogens (tertiary/aromatic N) is 3. The highest BCUT2D eigenvalue weighted by Crippen LogP contribution is 2.50. The third-order valence-electron chi connectivity index (χ3n) is 6.24. The van der Waals surface area contributed by atoms with Gasteiger partial charge in [0.15, 0.2) is 0 Å². The van der Waals surface area contributed by atoms with Crippen LogP contribution in [-0.4, -0.2) is 45.6 Å². The lowest BCUT2D eigenvalue weighted by molar-refractivity contribution is -0.137. The zero-order valence-electron chi connectivity index (χ0n) is 15.1. The molecule has 140 valence electrons. The Balaban J connectivity index is 1.54. The summed E-state index contributed by atoms with van der Waals surface area (Å²) in [5.74, 6) is 1.08. The SMILES string of the molecule is CN(CCC(=O)O)[C@H]1CCCC(C2CCc3sc4ncnc(N)c4c32)C1. The molecule has 2 aliphatic rings. The first kappa shape index (κ1) is 17.7. The predicted octanol–water partition coefficient (Wildman–Crippen LogP) is 3.27. The molecule has 1 saturated carbocycles. The van der Waals surface area contributed by atoms with Crippen molar-refractivity contribution in [1.29, 1.82) is 0 Å². The standard InChI is InChI=1S/C19H26N4O2S/c1-23(8-7-15(24)25)12-4-2-3-11(9-12)13-5-6-14-16(13)17-18(20)21-10-22-19(17)26-14/h10-13H,2-9H2,1H3,(H,24,25)(H2,20,21,22)/t11?,12-,13?/m0/s1. The highest BCUT2D eigenvalue weighted by atomic mass is 32.1. The predicted molar refractivity (Wildman–Crippen MR) is 104 cm³/mol. The molecule has 6 nitrogen and oxygen atoms in total. The maximum atomic E-state index is 10.9. The number of aliphatic carboxylic acids is 1. The zero-order chi connectivity index (χ0) is 18.3. The van der Waals surface area contributed by atoms with Crippen LogP contribution in [0.3, 0.4) is 0 Å². The molecule has 7 heteroatoms. The minimum Gasteiger partial charge on any atom is -0.481 e.